The maximum atomic E-state index is 14.6. The van der Waals surface area contributed by atoms with Crippen LogP contribution in [0, 0.1) is 6.92 Å². The molecule has 0 radical (unpaired) electrons. The Morgan fingerprint density at radius 1 is 0.894 bits per heavy atom. The number of benzene rings is 4. The minimum Gasteiger partial charge on any atom is -0.495 e. The molecular formula is C36H39Cl2N3O5S. The molecule has 0 aliphatic heterocycles. The highest BCUT2D eigenvalue weighted by atomic mass is 35.5. The maximum absolute atomic E-state index is 14.6. The van der Waals surface area contributed by atoms with E-state index < -0.39 is 28.5 Å². The SMILES string of the molecule is CC[C@H](C)NC(=O)[C@H](Cc1ccccc1)N(Cc1ccc(Cl)cc1)C(=O)CN(c1ccc(OC)c(Cl)c1)S(=O)(=O)c1ccc(C)cc1. The predicted octanol–water partition coefficient (Wildman–Crippen LogP) is 7.06. The molecule has 4 aromatic rings. The van der Waals surface area contributed by atoms with Crippen molar-refractivity contribution in [2.24, 2.45) is 0 Å². The van der Waals surface area contributed by atoms with Gasteiger partial charge in [0.2, 0.25) is 11.8 Å². The molecule has 0 saturated heterocycles. The number of rotatable bonds is 14. The van der Waals surface area contributed by atoms with Gasteiger partial charge in [-0.15, -0.1) is 0 Å². The smallest absolute Gasteiger partial charge is 0.264 e. The van der Waals surface area contributed by atoms with Crippen molar-refractivity contribution in [3.8, 4) is 5.75 Å². The molecule has 2 amide bonds. The highest BCUT2D eigenvalue weighted by Gasteiger charge is 2.35. The standard InChI is InChI=1S/C36H39Cl2N3O5S/c1-5-26(3)39-36(43)33(21-27-9-7-6-8-10-27)40(23-28-13-15-29(37)16-14-28)35(42)24-41(30-17-20-34(46-4)32(38)22-30)47(44,45)31-18-11-25(2)12-19-31/h6-20,22,26,33H,5,21,23-24H2,1-4H3,(H,39,43)/t26-,33-/m0/s1. The Morgan fingerprint density at radius 2 is 1.55 bits per heavy atom. The van der Waals surface area contributed by atoms with E-state index in [4.69, 9.17) is 27.9 Å². The van der Waals surface area contributed by atoms with Gasteiger partial charge < -0.3 is 15.0 Å². The lowest BCUT2D eigenvalue weighted by molar-refractivity contribution is -0.140. The van der Waals surface area contributed by atoms with Gasteiger partial charge in [-0.1, -0.05) is 90.3 Å². The van der Waals surface area contributed by atoms with E-state index in [1.165, 1.54) is 36.3 Å². The Morgan fingerprint density at radius 3 is 2.15 bits per heavy atom. The van der Waals surface area contributed by atoms with Crippen molar-refractivity contribution >= 4 is 50.7 Å². The van der Waals surface area contributed by atoms with E-state index in [2.05, 4.69) is 5.32 Å². The summed E-state index contributed by atoms with van der Waals surface area (Å²) in [5.41, 5.74) is 2.61. The zero-order chi connectivity index (χ0) is 34.1. The molecule has 1 N–H and O–H groups in total. The number of carbonyl (C=O) groups excluding carboxylic acids is 2. The third-order valence-corrected chi connectivity index (χ3v) is 10.2. The van der Waals surface area contributed by atoms with Crippen molar-refractivity contribution in [3.05, 3.63) is 124 Å². The van der Waals surface area contributed by atoms with Crippen LogP contribution >= 0.6 is 23.2 Å². The van der Waals surface area contributed by atoms with Crippen LogP contribution in [-0.2, 0) is 32.6 Å². The van der Waals surface area contributed by atoms with Gasteiger partial charge in [0, 0.05) is 24.0 Å². The second kappa shape index (κ2) is 16.2. The Kier molecular flexibility index (Phi) is 12.3. The molecule has 0 aliphatic rings. The van der Waals surface area contributed by atoms with Crippen LogP contribution in [0.5, 0.6) is 5.75 Å². The fourth-order valence-corrected chi connectivity index (χ4v) is 6.74. The maximum Gasteiger partial charge on any atom is 0.264 e. The van der Waals surface area contributed by atoms with E-state index in [1.807, 2.05) is 51.1 Å². The van der Waals surface area contributed by atoms with Gasteiger partial charge in [0.25, 0.3) is 10.0 Å². The first-order valence-corrected chi connectivity index (χ1v) is 17.4. The number of aryl methyl sites for hydroxylation is 1. The molecule has 0 bridgehead atoms. The molecule has 248 valence electrons. The van der Waals surface area contributed by atoms with Gasteiger partial charge in [0.1, 0.15) is 18.3 Å². The first-order valence-electron chi connectivity index (χ1n) is 15.2. The summed E-state index contributed by atoms with van der Waals surface area (Å²) in [5, 5.41) is 3.73. The molecule has 2 atom stereocenters. The van der Waals surface area contributed by atoms with Gasteiger partial charge in [0.05, 0.1) is 22.7 Å². The van der Waals surface area contributed by atoms with Crippen molar-refractivity contribution in [2.75, 3.05) is 18.0 Å². The number of anilines is 1. The zero-order valence-electron chi connectivity index (χ0n) is 26.8. The van der Waals surface area contributed by atoms with Crippen molar-refractivity contribution in [1.82, 2.24) is 10.2 Å². The minimum absolute atomic E-state index is 0.00226. The summed E-state index contributed by atoms with van der Waals surface area (Å²) < 4.78 is 34.8. The number of nitrogens with one attached hydrogen (secondary N) is 1. The monoisotopic (exact) mass is 695 g/mol. The number of amides is 2. The van der Waals surface area contributed by atoms with Gasteiger partial charge in [0.15, 0.2) is 0 Å². The van der Waals surface area contributed by atoms with E-state index in [0.717, 1.165) is 21.0 Å². The number of methoxy groups -OCH3 is 1. The van der Waals surface area contributed by atoms with Crippen molar-refractivity contribution in [2.45, 2.75) is 57.1 Å². The summed E-state index contributed by atoms with van der Waals surface area (Å²) >= 11 is 12.6. The van der Waals surface area contributed by atoms with Crippen molar-refractivity contribution < 1.29 is 22.7 Å². The largest absolute Gasteiger partial charge is 0.495 e. The van der Waals surface area contributed by atoms with E-state index >= 15 is 0 Å². The molecule has 8 nitrogen and oxygen atoms in total. The molecule has 4 rings (SSSR count). The minimum atomic E-state index is -4.27. The number of carbonyl (C=O) groups is 2. The normalized spacial score (nSPS) is 12.6. The topological polar surface area (TPSA) is 96.0 Å². The number of ether oxygens (including phenoxy) is 1. The van der Waals surface area contributed by atoms with E-state index in [9.17, 15) is 18.0 Å². The first-order chi connectivity index (χ1) is 22.4. The van der Waals surface area contributed by atoms with E-state index in [0.29, 0.717) is 17.2 Å². The second-order valence-corrected chi connectivity index (χ2v) is 14.0. The third kappa shape index (κ3) is 9.28. The zero-order valence-corrected chi connectivity index (χ0v) is 29.1. The molecule has 0 aromatic heterocycles. The van der Waals surface area contributed by atoms with Crippen LogP contribution in [0.25, 0.3) is 0 Å². The Hall–Kier alpha value is -4.05. The van der Waals surface area contributed by atoms with Crippen LogP contribution in [0.2, 0.25) is 10.0 Å². The van der Waals surface area contributed by atoms with Crippen LogP contribution in [0.15, 0.2) is 102 Å². The third-order valence-electron chi connectivity index (χ3n) is 7.85. The van der Waals surface area contributed by atoms with Crippen molar-refractivity contribution in [1.29, 1.82) is 0 Å². The molecule has 0 heterocycles. The fourth-order valence-electron chi connectivity index (χ4n) is 4.96. The molecule has 0 unspecified atom stereocenters. The number of hydrogen-bond acceptors (Lipinski definition) is 5. The summed E-state index contributed by atoms with van der Waals surface area (Å²) in [6, 6.07) is 26.2. The average Bonchev–Trinajstić information content (AvgIpc) is 3.06. The molecule has 0 spiro atoms. The van der Waals surface area contributed by atoms with E-state index in [-0.39, 0.29) is 40.5 Å². The van der Waals surface area contributed by atoms with Crippen LogP contribution in [0.1, 0.15) is 37.0 Å². The molecule has 47 heavy (non-hydrogen) atoms. The van der Waals surface area contributed by atoms with Crippen LogP contribution in [-0.4, -0.2) is 50.9 Å². The number of hydrogen-bond donors (Lipinski definition) is 1. The van der Waals surface area contributed by atoms with Gasteiger partial charge in [-0.2, -0.15) is 0 Å². The van der Waals surface area contributed by atoms with Gasteiger partial charge in [-0.3, -0.25) is 13.9 Å². The lowest BCUT2D eigenvalue weighted by atomic mass is 10.0. The summed E-state index contributed by atoms with van der Waals surface area (Å²) in [4.78, 5) is 30.0. The highest BCUT2D eigenvalue weighted by Crippen LogP contribution is 2.32. The highest BCUT2D eigenvalue weighted by molar-refractivity contribution is 7.92. The first kappa shape index (κ1) is 35.8. The Balaban J connectivity index is 1.83. The molecule has 11 heteroatoms. The number of halogens is 2. The predicted molar refractivity (Wildman–Crippen MR) is 188 cm³/mol. The molecule has 0 fully saturated rings. The number of nitrogens with zero attached hydrogens (tertiary/aromatic N) is 2. The Labute approximate surface area is 287 Å². The van der Waals surface area contributed by atoms with Crippen molar-refractivity contribution in [3.63, 3.8) is 0 Å². The lowest BCUT2D eigenvalue weighted by Gasteiger charge is -2.34. The quantitative estimate of drug-likeness (QED) is 0.152. The summed E-state index contributed by atoms with van der Waals surface area (Å²) in [7, 11) is -2.82. The molecule has 0 saturated carbocycles. The second-order valence-electron chi connectivity index (χ2n) is 11.3. The summed E-state index contributed by atoms with van der Waals surface area (Å²) in [5.74, 6) is -0.572. The van der Waals surface area contributed by atoms with Crippen LogP contribution in [0.3, 0.4) is 0 Å². The lowest BCUT2D eigenvalue weighted by Crippen LogP contribution is -2.54. The van der Waals surface area contributed by atoms with Crippen LogP contribution in [0.4, 0.5) is 5.69 Å². The van der Waals surface area contributed by atoms with E-state index in [1.54, 1.807) is 42.5 Å². The molecular weight excluding hydrogens is 657 g/mol. The molecule has 4 aromatic carbocycles. The number of sulfonamides is 1. The van der Waals surface area contributed by atoms with Gasteiger partial charge in [-0.05, 0) is 73.9 Å². The Bertz CT molecular complexity index is 1770. The molecule has 0 aliphatic carbocycles. The van der Waals surface area contributed by atoms with Gasteiger partial charge >= 0.3 is 0 Å². The summed E-state index contributed by atoms with van der Waals surface area (Å²) in [6.45, 7) is 5.14. The average molecular weight is 697 g/mol. The summed E-state index contributed by atoms with van der Waals surface area (Å²) in [6.07, 6.45) is 0.900. The fraction of sp³-hybridized carbons (Fsp3) is 0.278. The van der Waals surface area contributed by atoms with Gasteiger partial charge in [-0.25, -0.2) is 8.42 Å². The van der Waals surface area contributed by atoms with Crippen LogP contribution < -0.4 is 14.4 Å².